The smallest absolute Gasteiger partial charge is 0.297 e. The van der Waals surface area contributed by atoms with E-state index in [1.807, 2.05) is 79.7 Å². The number of amides is 1. The summed E-state index contributed by atoms with van der Waals surface area (Å²) >= 11 is 1.61. The van der Waals surface area contributed by atoms with E-state index < -0.39 is 6.09 Å². The Bertz CT molecular complexity index is 1140. The molecule has 5 heteroatoms. The molecule has 0 unspecified atom stereocenters. The third kappa shape index (κ3) is 3.94. The molecule has 138 valence electrons. The zero-order chi connectivity index (χ0) is 19.3. The first-order chi connectivity index (χ1) is 13.7. The van der Waals surface area contributed by atoms with Crippen LogP contribution in [0.25, 0.3) is 21.2 Å². The van der Waals surface area contributed by atoms with Crippen molar-refractivity contribution < 1.29 is 9.63 Å². The van der Waals surface area contributed by atoms with Crippen LogP contribution in [-0.2, 0) is 4.84 Å². The molecule has 4 rings (SSSR count). The fourth-order valence-electron chi connectivity index (χ4n) is 2.91. The first-order valence-corrected chi connectivity index (χ1v) is 9.68. The fourth-order valence-corrected chi connectivity index (χ4v) is 3.86. The number of nitrogens with one attached hydrogen (secondary N) is 1. The molecule has 0 saturated carbocycles. The van der Waals surface area contributed by atoms with Gasteiger partial charge in [0.1, 0.15) is 0 Å². The number of rotatable bonds is 4. The Labute approximate surface area is 167 Å². The van der Waals surface area contributed by atoms with Crippen LogP contribution in [0.2, 0.25) is 0 Å². The van der Waals surface area contributed by atoms with Gasteiger partial charge in [0.25, 0.3) is 0 Å². The van der Waals surface area contributed by atoms with Crippen molar-refractivity contribution in [1.82, 2.24) is 0 Å². The Morgan fingerprint density at radius 3 is 2.50 bits per heavy atom. The zero-order valence-electron chi connectivity index (χ0n) is 15.3. The van der Waals surface area contributed by atoms with E-state index >= 15 is 0 Å². The summed E-state index contributed by atoms with van der Waals surface area (Å²) in [7, 11) is 0. The van der Waals surface area contributed by atoms with Crippen LogP contribution in [-0.4, -0.2) is 11.8 Å². The summed E-state index contributed by atoms with van der Waals surface area (Å²) in [5.41, 5.74) is 2.50. The monoisotopic (exact) mass is 386 g/mol. The lowest BCUT2D eigenvalue weighted by molar-refractivity contribution is 0.166. The van der Waals surface area contributed by atoms with Gasteiger partial charge in [0.15, 0.2) is 0 Å². The Kier molecular flexibility index (Phi) is 5.17. The van der Waals surface area contributed by atoms with Crippen LogP contribution in [0.1, 0.15) is 11.8 Å². The van der Waals surface area contributed by atoms with Crippen molar-refractivity contribution in [3.63, 3.8) is 0 Å². The maximum atomic E-state index is 12.2. The summed E-state index contributed by atoms with van der Waals surface area (Å²) in [5, 5.41) is 8.75. The first-order valence-electron chi connectivity index (χ1n) is 8.87. The highest BCUT2D eigenvalue weighted by Gasteiger charge is 2.09. The highest BCUT2D eigenvalue weighted by atomic mass is 32.1. The van der Waals surface area contributed by atoms with E-state index in [0.717, 1.165) is 26.1 Å². The average Bonchev–Trinajstić information content (AvgIpc) is 3.23. The average molecular weight is 386 g/mol. The van der Waals surface area contributed by atoms with E-state index in [0.29, 0.717) is 11.4 Å². The van der Waals surface area contributed by atoms with Gasteiger partial charge in [-0.15, -0.1) is 11.3 Å². The van der Waals surface area contributed by atoms with Gasteiger partial charge in [0, 0.05) is 10.3 Å². The Morgan fingerprint density at radius 2 is 1.64 bits per heavy atom. The zero-order valence-corrected chi connectivity index (χ0v) is 16.1. The largest absolute Gasteiger partial charge is 0.437 e. The third-order valence-corrected chi connectivity index (χ3v) is 5.56. The van der Waals surface area contributed by atoms with Gasteiger partial charge in [-0.2, -0.15) is 0 Å². The number of hydrogen-bond acceptors (Lipinski definition) is 4. The second-order valence-corrected chi connectivity index (χ2v) is 7.32. The number of carbonyl (C=O) groups is 1. The van der Waals surface area contributed by atoms with Gasteiger partial charge in [0.2, 0.25) is 0 Å². The molecule has 1 heterocycles. The molecule has 0 saturated heterocycles. The number of carbonyl (C=O) groups excluding carboxylic acids is 1. The third-order valence-electron chi connectivity index (χ3n) is 4.31. The van der Waals surface area contributed by atoms with Crippen LogP contribution in [0, 0.1) is 0 Å². The van der Waals surface area contributed by atoms with Crippen molar-refractivity contribution in [3.8, 4) is 10.4 Å². The number of anilines is 1. The molecular weight excluding hydrogens is 368 g/mol. The number of benzene rings is 3. The molecule has 4 nitrogen and oxygen atoms in total. The number of nitrogens with zero attached hydrogens (tertiary/aromatic N) is 1. The van der Waals surface area contributed by atoms with Crippen LogP contribution in [0.15, 0.2) is 90.1 Å². The van der Waals surface area contributed by atoms with Crippen molar-refractivity contribution in [3.05, 3.63) is 89.8 Å². The number of hydrogen-bond donors (Lipinski definition) is 1. The van der Waals surface area contributed by atoms with Crippen molar-refractivity contribution >= 4 is 39.6 Å². The molecule has 1 aromatic heterocycles. The maximum Gasteiger partial charge on any atom is 0.437 e. The van der Waals surface area contributed by atoms with Gasteiger partial charge >= 0.3 is 6.09 Å². The fraction of sp³-hybridized carbons (Fsp3) is 0.0435. The number of thiophene rings is 1. The van der Waals surface area contributed by atoms with Gasteiger partial charge in [-0.05, 0) is 36.1 Å². The lowest BCUT2D eigenvalue weighted by atomic mass is 10.1. The van der Waals surface area contributed by atoms with Crippen molar-refractivity contribution in [2.45, 2.75) is 6.92 Å². The summed E-state index contributed by atoms with van der Waals surface area (Å²) in [5.74, 6) is 0. The summed E-state index contributed by atoms with van der Waals surface area (Å²) in [6.45, 7) is 1.83. The Hall–Kier alpha value is -3.44. The van der Waals surface area contributed by atoms with Crippen molar-refractivity contribution in [2.75, 3.05) is 5.32 Å². The molecule has 1 N–H and O–H groups in total. The molecule has 0 radical (unpaired) electrons. The molecule has 0 fully saturated rings. The molecule has 4 aromatic rings. The van der Waals surface area contributed by atoms with Gasteiger partial charge < -0.3 is 0 Å². The molecule has 0 aliphatic heterocycles. The predicted molar refractivity (Wildman–Crippen MR) is 116 cm³/mol. The number of fused-ring (bicyclic) bond motifs is 1. The number of oxime groups is 1. The minimum Gasteiger partial charge on any atom is -0.297 e. The summed E-state index contributed by atoms with van der Waals surface area (Å²) < 4.78 is 0. The van der Waals surface area contributed by atoms with Crippen LogP contribution in [0.5, 0.6) is 0 Å². The molecule has 0 aliphatic carbocycles. The van der Waals surface area contributed by atoms with Gasteiger partial charge in [-0.3, -0.25) is 10.2 Å². The Balaban J connectivity index is 1.45. The summed E-state index contributed by atoms with van der Waals surface area (Å²) in [6, 6.07) is 27.7. The predicted octanol–water partition coefficient (Wildman–Crippen LogP) is 6.54. The van der Waals surface area contributed by atoms with E-state index in [-0.39, 0.29) is 0 Å². The molecular formula is C23H18N2O2S. The lowest BCUT2D eigenvalue weighted by Crippen LogP contribution is -2.12. The van der Waals surface area contributed by atoms with Crippen LogP contribution < -0.4 is 5.32 Å². The quantitative estimate of drug-likeness (QED) is 0.246. The molecule has 1 amide bonds. The molecule has 0 atom stereocenters. The van der Waals surface area contributed by atoms with E-state index in [1.54, 1.807) is 11.3 Å². The van der Waals surface area contributed by atoms with Crippen LogP contribution in [0.4, 0.5) is 10.5 Å². The minimum atomic E-state index is -0.615. The SMILES string of the molecule is CC(=NOC(=O)Nc1cccc2ccccc12)c1ccc(-c2ccccc2)s1. The maximum absolute atomic E-state index is 12.2. The molecule has 3 aromatic carbocycles. The first kappa shape index (κ1) is 17.9. The Morgan fingerprint density at radius 1 is 0.893 bits per heavy atom. The van der Waals surface area contributed by atoms with Gasteiger partial charge in [0.05, 0.1) is 16.3 Å². The topological polar surface area (TPSA) is 50.7 Å². The second-order valence-electron chi connectivity index (χ2n) is 6.24. The van der Waals surface area contributed by atoms with Crippen LogP contribution in [0.3, 0.4) is 0 Å². The summed E-state index contributed by atoms with van der Waals surface area (Å²) in [4.78, 5) is 19.4. The molecule has 0 bridgehead atoms. The standard InChI is InChI=1S/C23H18N2O2S/c1-16(21-14-15-22(28-21)18-9-3-2-4-10-18)25-27-23(26)24-20-13-7-11-17-8-5-6-12-19(17)20/h2-15H,1H3,(H,24,26). The molecule has 0 spiro atoms. The minimum absolute atomic E-state index is 0.615. The molecule has 28 heavy (non-hydrogen) atoms. The normalized spacial score (nSPS) is 11.4. The van der Waals surface area contributed by atoms with Gasteiger partial charge in [-0.25, -0.2) is 4.79 Å². The summed E-state index contributed by atoms with van der Waals surface area (Å²) in [6.07, 6.45) is -0.615. The van der Waals surface area contributed by atoms with E-state index in [2.05, 4.69) is 22.6 Å². The van der Waals surface area contributed by atoms with E-state index in [4.69, 9.17) is 4.84 Å². The second kappa shape index (κ2) is 8.06. The molecule has 0 aliphatic rings. The highest BCUT2D eigenvalue weighted by Crippen LogP contribution is 2.28. The lowest BCUT2D eigenvalue weighted by Gasteiger charge is -2.07. The van der Waals surface area contributed by atoms with E-state index in [9.17, 15) is 4.79 Å². The van der Waals surface area contributed by atoms with Gasteiger partial charge in [-0.1, -0.05) is 71.9 Å². The van der Waals surface area contributed by atoms with Crippen molar-refractivity contribution in [1.29, 1.82) is 0 Å². The van der Waals surface area contributed by atoms with Crippen molar-refractivity contribution in [2.24, 2.45) is 5.16 Å². The highest BCUT2D eigenvalue weighted by molar-refractivity contribution is 7.17. The van der Waals surface area contributed by atoms with E-state index in [1.165, 1.54) is 0 Å². The van der Waals surface area contributed by atoms with Crippen LogP contribution >= 0.6 is 11.3 Å².